The molecule has 1 aromatic carbocycles. The third kappa shape index (κ3) is 5.50. The molecule has 0 radical (unpaired) electrons. The van der Waals surface area contributed by atoms with Gasteiger partial charge in [0.15, 0.2) is 0 Å². The van der Waals surface area contributed by atoms with E-state index in [1.807, 2.05) is 0 Å². The number of carbonyl (C=O) groups excluding carboxylic acids is 1. The third-order valence-electron chi connectivity index (χ3n) is 3.85. The Bertz CT molecular complexity index is 739. The number of anilines is 1. The smallest absolute Gasteiger partial charge is 0.241 e. The van der Waals surface area contributed by atoms with E-state index >= 15 is 0 Å². The van der Waals surface area contributed by atoms with Gasteiger partial charge in [0, 0.05) is 35.6 Å². The van der Waals surface area contributed by atoms with E-state index < -0.39 is 10.0 Å². The fraction of sp³-hybridized carbons (Fsp3) is 0.400. The van der Waals surface area contributed by atoms with Crippen LogP contribution in [0.15, 0.2) is 24.1 Å². The maximum absolute atomic E-state index is 12.3. The van der Waals surface area contributed by atoms with E-state index in [0.29, 0.717) is 31.0 Å². The molecule has 0 aromatic heterocycles. The SMILES string of the molecule is C=CS(=O)(=O)NC1CCN(C(=O)CNc2c(O)cc(Cl)cc2Cl)CC1. The Kier molecular flexibility index (Phi) is 6.56. The van der Waals surface area contributed by atoms with Crippen molar-refractivity contribution < 1.29 is 18.3 Å². The number of aromatic hydroxyl groups is 1. The van der Waals surface area contributed by atoms with Crippen LogP contribution in [0.25, 0.3) is 0 Å². The molecule has 7 nitrogen and oxygen atoms in total. The molecule has 0 bridgehead atoms. The number of rotatable bonds is 6. The van der Waals surface area contributed by atoms with Gasteiger partial charge in [-0.2, -0.15) is 0 Å². The van der Waals surface area contributed by atoms with Crippen molar-refractivity contribution in [3.63, 3.8) is 0 Å². The summed E-state index contributed by atoms with van der Waals surface area (Å²) in [5.41, 5.74) is 0.244. The fourth-order valence-electron chi connectivity index (χ4n) is 2.54. The van der Waals surface area contributed by atoms with Gasteiger partial charge in [-0.25, -0.2) is 13.1 Å². The number of sulfonamides is 1. The summed E-state index contributed by atoms with van der Waals surface area (Å²) in [6.07, 6.45) is 1.04. The summed E-state index contributed by atoms with van der Waals surface area (Å²) in [5.74, 6) is -0.307. The van der Waals surface area contributed by atoms with E-state index in [4.69, 9.17) is 23.2 Å². The number of phenols is 1. The zero-order chi connectivity index (χ0) is 18.6. The topological polar surface area (TPSA) is 98.7 Å². The minimum absolute atomic E-state index is 0.0437. The maximum Gasteiger partial charge on any atom is 0.241 e. The zero-order valence-corrected chi connectivity index (χ0v) is 15.7. The van der Waals surface area contributed by atoms with Crippen molar-refractivity contribution in [1.82, 2.24) is 9.62 Å². The lowest BCUT2D eigenvalue weighted by atomic mass is 10.1. The summed E-state index contributed by atoms with van der Waals surface area (Å²) in [4.78, 5) is 13.9. The van der Waals surface area contributed by atoms with Crippen LogP contribution in [-0.2, 0) is 14.8 Å². The molecular formula is C15H19Cl2N3O4S. The molecule has 0 saturated carbocycles. The first-order valence-electron chi connectivity index (χ1n) is 7.56. The molecule has 1 aromatic rings. The van der Waals surface area contributed by atoms with Crippen LogP contribution in [0.4, 0.5) is 5.69 Å². The molecule has 1 saturated heterocycles. The number of hydrogen-bond acceptors (Lipinski definition) is 5. The van der Waals surface area contributed by atoms with Gasteiger partial charge in [-0.05, 0) is 18.9 Å². The van der Waals surface area contributed by atoms with Gasteiger partial charge in [-0.15, -0.1) is 0 Å². The van der Waals surface area contributed by atoms with Gasteiger partial charge in [0.05, 0.1) is 17.3 Å². The Labute approximate surface area is 156 Å². The highest BCUT2D eigenvalue weighted by atomic mass is 35.5. The average molecular weight is 408 g/mol. The van der Waals surface area contributed by atoms with Crippen LogP contribution in [0.3, 0.4) is 0 Å². The minimum Gasteiger partial charge on any atom is -0.506 e. The van der Waals surface area contributed by atoms with Gasteiger partial charge >= 0.3 is 0 Å². The summed E-state index contributed by atoms with van der Waals surface area (Å²) in [7, 11) is -3.47. The fourth-order valence-corrected chi connectivity index (χ4v) is 3.88. The summed E-state index contributed by atoms with van der Waals surface area (Å²) in [6.45, 7) is 4.08. The molecule has 1 aliphatic rings. The van der Waals surface area contributed by atoms with Crippen LogP contribution in [0.5, 0.6) is 5.75 Å². The summed E-state index contributed by atoms with van der Waals surface area (Å²) in [5, 5.41) is 14.0. The number of piperidine rings is 1. The number of amides is 1. The second kappa shape index (κ2) is 8.27. The molecule has 3 N–H and O–H groups in total. The second-order valence-electron chi connectivity index (χ2n) is 5.62. The Morgan fingerprint density at radius 3 is 2.56 bits per heavy atom. The molecule has 1 fully saturated rings. The van der Waals surface area contributed by atoms with E-state index in [9.17, 15) is 18.3 Å². The number of carbonyl (C=O) groups is 1. The predicted octanol–water partition coefficient (Wildman–Crippen LogP) is 2.16. The first-order valence-corrected chi connectivity index (χ1v) is 9.86. The lowest BCUT2D eigenvalue weighted by Gasteiger charge is -2.32. The quantitative estimate of drug-likeness (QED) is 0.627. The van der Waals surface area contributed by atoms with Crippen molar-refractivity contribution in [2.75, 3.05) is 25.0 Å². The highest BCUT2D eigenvalue weighted by molar-refractivity contribution is 7.92. The van der Waals surface area contributed by atoms with E-state index in [2.05, 4.69) is 16.6 Å². The molecule has 0 atom stereocenters. The van der Waals surface area contributed by atoms with Crippen molar-refractivity contribution in [2.24, 2.45) is 0 Å². The molecule has 0 unspecified atom stereocenters. The van der Waals surface area contributed by atoms with Crippen molar-refractivity contribution >= 4 is 44.8 Å². The van der Waals surface area contributed by atoms with Gasteiger partial charge in [0.25, 0.3) is 0 Å². The van der Waals surface area contributed by atoms with Crippen LogP contribution >= 0.6 is 23.2 Å². The highest BCUT2D eigenvalue weighted by Crippen LogP contribution is 2.34. The molecule has 0 spiro atoms. The highest BCUT2D eigenvalue weighted by Gasteiger charge is 2.25. The Morgan fingerprint density at radius 1 is 1.36 bits per heavy atom. The second-order valence-corrected chi connectivity index (χ2v) is 8.12. The number of likely N-dealkylation sites (tertiary alicyclic amines) is 1. The molecule has 25 heavy (non-hydrogen) atoms. The Morgan fingerprint density at radius 2 is 2.00 bits per heavy atom. The van der Waals surface area contributed by atoms with Crippen molar-refractivity contribution in [3.05, 3.63) is 34.2 Å². The predicted molar refractivity (Wildman–Crippen MR) is 98.5 cm³/mol. The molecular weight excluding hydrogens is 389 g/mol. The van der Waals surface area contributed by atoms with E-state index in [0.717, 1.165) is 5.41 Å². The zero-order valence-electron chi connectivity index (χ0n) is 13.3. The summed E-state index contributed by atoms with van der Waals surface area (Å²) in [6, 6.07) is 2.58. The van der Waals surface area contributed by atoms with Gasteiger partial charge in [-0.1, -0.05) is 29.8 Å². The summed E-state index contributed by atoms with van der Waals surface area (Å²) < 4.78 is 25.4. The van der Waals surface area contributed by atoms with Crippen molar-refractivity contribution in [3.8, 4) is 5.75 Å². The largest absolute Gasteiger partial charge is 0.506 e. The average Bonchev–Trinajstić information content (AvgIpc) is 2.54. The summed E-state index contributed by atoms with van der Waals surface area (Å²) >= 11 is 11.8. The van der Waals surface area contributed by atoms with Gasteiger partial charge in [0.1, 0.15) is 5.75 Å². The van der Waals surface area contributed by atoms with Crippen LogP contribution in [0.2, 0.25) is 10.0 Å². The first kappa shape index (κ1) is 19.8. The number of nitrogens with one attached hydrogen (secondary N) is 2. The number of halogens is 2. The van der Waals surface area contributed by atoms with Crippen LogP contribution < -0.4 is 10.0 Å². The van der Waals surface area contributed by atoms with E-state index in [1.54, 1.807) is 4.90 Å². The normalized spacial score (nSPS) is 15.8. The monoisotopic (exact) mass is 407 g/mol. The van der Waals surface area contributed by atoms with Crippen LogP contribution in [-0.4, -0.2) is 50.0 Å². The maximum atomic E-state index is 12.3. The molecule has 1 heterocycles. The van der Waals surface area contributed by atoms with Crippen LogP contribution in [0.1, 0.15) is 12.8 Å². The standard InChI is InChI=1S/C15H19Cl2N3O4S/c1-2-25(23,24)19-11-3-5-20(6-4-11)14(22)9-18-15-12(17)7-10(16)8-13(15)21/h2,7-8,11,18-19,21H,1,3-6,9H2. The minimum atomic E-state index is -3.47. The molecule has 1 amide bonds. The molecule has 1 aliphatic heterocycles. The molecule has 2 rings (SSSR count). The molecule has 10 heteroatoms. The Balaban J connectivity index is 1.86. The van der Waals surface area contributed by atoms with E-state index in [1.165, 1.54) is 12.1 Å². The van der Waals surface area contributed by atoms with E-state index in [-0.39, 0.29) is 35.0 Å². The Hall–Kier alpha value is -1.48. The van der Waals surface area contributed by atoms with Crippen molar-refractivity contribution in [1.29, 1.82) is 0 Å². The number of nitrogens with zero attached hydrogens (tertiary/aromatic N) is 1. The number of hydrogen-bond donors (Lipinski definition) is 3. The first-order chi connectivity index (χ1) is 11.7. The number of benzene rings is 1. The number of phenolic OH excluding ortho intramolecular Hbond substituents is 1. The van der Waals surface area contributed by atoms with Gasteiger partial charge in [-0.3, -0.25) is 4.79 Å². The van der Waals surface area contributed by atoms with Crippen LogP contribution in [0, 0.1) is 0 Å². The lowest BCUT2D eigenvalue weighted by molar-refractivity contribution is -0.130. The van der Waals surface area contributed by atoms with Gasteiger partial charge in [0.2, 0.25) is 15.9 Å². The van der Waals surface area contributed by atoms with Crippen molar-refractivity contribution in [2.45, 2.75) is 18.9 Å². The molecule has 138 valence electrons. The van der Waals surface area contributed by atoms with Gasteiger partial charge < -0.3 is 15.3 Å². The lowest BCUT2D eigenvalue weighted by Crippen LogP contribution is -2.47. The molecule has 0 aliphatic carbocycles. The third-order valence-corrected chi connectivity index (χ3v) is 5.47.